The zero-order valence-electron chi connectivity index (χ0n) is 12.5. The minimum Gasteiger partial charge on any atom is -0.350 e. The van der Waals surface area contributed by atoms with Crippen molar-refractivity contribution in [2.24, 2.45) is 0 Å². The topological polar surface area (TPSA) is 64.7 Å². The Morgan fingerprint density at radius 2 is 2.19 bits per heavy atom. The second-order valence-corrected chi connectivity index (χ2v) is 5.31. The molecule has 7 heteroatoms. The van der Waals surface area contributed by atoms with Gasteiger partial charge in [-0.25, -0.2) is 0 Å². The third kappa shape index (κ3) is 3.64. The molecule has 1 atom stereocenters. The Morgan fingerprint density at radius 1 is 1.43 bits per heavy atom. The molecule has 0 aliphatic carbocycles. The molecule has 0 aliphatic rings. The molecule has 1 N–H and O–H groups in total. The third-order valence-corrected chi connectivity index (χ3v) is 3.60. The minimum absolute atomic E-state index is 0.0686. The van der Waals surface area contributed by atoms with Crippen LogP contribution in [0.15, 0.2) is 18.6 Å². The van der Waals surface area contributed by atoms with Crippen LogP contribution in [0, 0.1) is 6.92 Å². The fourth-order valence-electron chi connectivity index (χ4n) is 2.17. The minimum atomic E-state index is -0.348. The van der Waals surface area contributed by atoms with E-state index in [0.717, 1.165) is 17.8 Å². The van der Waals surface area contributed by atoms with Gasteiger partial charge in [-0.3, -0.25) is 14.2 Å². The van der Waals surface area contributed by atoms with E-state index in [1.807, 2.05) is 31.6 Å². The number of nitrogens with zero attached hydrogens (tertiary/aromatic N) is 4. The molecule has 2 aromatic heterocycles. The number of carbonyl (C=O) groups excluding carboxylic acids is 1. The summed E-state index contributed by atoms with van der Waals surface area (Å²) in [6, 6.07) is -0.348. The monoisotopic (exact) mass is 309 g/mol. The molecule has 0 radical (unpaired) electrons. The van der Waals surface area contributed by atoms with Gasteiger partial charge in [-0.05, 0) is 20.3 Å². The zero-order valence-corrected chi connectivity index (χ0v) is 13.3. The quantitative estimate of drug-likeness (QED) is 0.890. The van der Waals surface area contributed by atoms with Crippen LogP contribution in [0.25, 0.3) is 0 Å². The summed E-state index contributed by atoms with van der Waals surface area (Å²) in [6.45, 7) is 7.20. The number of aryl methyl sites for hydroxylation is 2. The van der Waals surface area contributed by atoms with Gasteiger partial charge in [0.05, 0.1) is 16.9 Å². The van der Waals surface area contributed by atoms with Gasteiger partial charge in [0.25, 0.3) is 0 Å². The van der Waals surface area contributed by atoms with Crippen molar-refractivity contribution in [3.8, 4) is 0 Å². The lowest BCUT2D eigenvalue weighted by Gasteiger charge is -2.15. The van der Waals surface area contributed by atoms with Crippen molar-refractivity contribution < 1.29 is 4.79 Å². The van der Waals surface area contributed by atoms with Crippen molar-refractivity contribution in [1.82, 2.24) is 24.9 Å². The van der Waals surface area contributed by atoms with E-state index >= 15 is 0 Å². The Morgan fingerprint density at radius 3 is 2.71 bits per heavy atom. The normalized spacial score (nSPS) is 12.4. The Balaban J connectivity index is 2.01. The Labute approximate surface area is 129 Å². The Bertz CT molecular complexity index is 619. The number of nitrogens with one attached hydrogen (secondary N) is 1. The molecular formula is C14H20ClN5O. The molecule has 0 saturated carbocycles. The molecule has 0 aromatic carbocycles. The molecule has 114 valence electrons. The summed E-state index contributed by atoms with van der Waals surface area (Å²) in [5.41, 5.74) is 1.96. The van der Waals surface area contributed by atoms with Crippen LogP contribution in [0.2, 0.25) is 5.02 Å². The van der Waals surface area contributed by atoms with Gasteiger partial charge in [-0.2, -0.15) is 10.2 Å². The zero-order chi connectivity index (χ0) is 15.4. The van der Waals surface area contributed by atoms with Crippen LogP contribution in [0.1, 0.15) is 37.6 Å². The molecule has 2 aromatic rings. The highest BCUT2D eigenvalue weighted by molar-refractivity contribution is 6.30. The summed E-state index contributed by atoms with van der Waals surface area (Å²) >= 11 is 5.85. The summed E-state index contributed by atoms with van der Waals surface area (Å²) in [6.07, 6.45) is 5.81. The molecule has 0 fully saturated rings. The molecule has 1 amide bonds. The molecule has 1 unspecified atom stereocenters. The first-order valence-electron chi connectivity index (χ1n) is 7.05. The average molecular weight is 310 g/mol. The fourth-order valence-corrected chi connectivity index (χ4v) is 2.32. The summed E-state index contributed by atoms with van der Waals surface area (Å²) in [7, 11) is 0. The standard InChI is InChI=1S/C14H20ClN5O/c1-4-13(20-9-12(15)7-17-20)14(21)16-6-11-8-19(5-2)18-10(11)3/h7-9,13H,4-6H2,1-3H3,(H,16,21). The van der Waals surface area contributed by atoms with Crippen molar-refractivity contribution in [1.29, 1.82) is 0 Å². The van der Waals surface area contributed by atoms with E-state index in [1.54, 1.807) is 10.9 Å². The second-order valence-electron chi connectivity index (χ2n) is 4.88. The number of aromatic nitrogens is 4. The molecule has 2 rings (SSSR count). The SMILES string of the molecule is CCC(C(=O)NCc1cn(CC)nc1C)n1cc(Cl)cn1. The van der Waals surface area contributed by atoms with Crippen molar-refractivity contribution >= 4 is 17.5 Å². The van der Waals surface area contributed by atoms with Crippen molar-refractivity contribution in [3.05, 3.63) is 34.9 Å². The average Bonchev–Trinajstić information content (AvgIpc) is 3.04. The van der Waals surface area contributed by atoms with E-state index < -0.39 is 0 Å². The lowest BCUT2D eigenvalue weighted by atomic mass is 10.2. The van der Waals surface area contributed by atoms with Gasteiger partial charge in [-0.1, -0.05) is 18.5 Å². The van der Waals surface area contributed by atoms with Crippen LogP contribution in [-0.2, 0) is 17.9 Å². The van der Waals surface area contributed by atoms with Gasteiger partial charge in [-0.15, -0.1) is 0 Å². The summed E-state index contributed by atoms with van der Waals surface area (Å²) in [5.74, 6) is -0.0686. The number of rotatable bonds is 6. The molecule has 0 aliphatic heterocycles. The van der Waals surface area contributed by atoms with Crippen LogP contribution in [-0.4, -0.2) is 25.5 Å². The van der Waals surface area contributed by atoms with E-state index in [1.165, 1.54) is 6.20 Å². The molecule has 0 saturated heterocycles. The van der Waals surface area contributed by atoms with Gasteiger partial charge in [0, 0.05) is 31.0 Å². The number of carbonyl (C=O) groups is 1. The number of amides is 1. The third-order valence-electron chi connectivity index (χ3n) is 3.40. The van der Waals surface area contributed by atoms with E-state index in [4.69, 9.17) is 11.6 Å². The van der Waals surface area contributed by atoms with Gasteiger partial charge in [0.1, 0.15) is 6.04 Å². The van der Waals surface area contributed by atoms with Crippen LogP contribution in [0.4, 0.5) is 0 Å². The van der Waals surface area contributed by atoms with Gasteiger partial charge >= 0.3 is 0 Å². The van der Waals surface area contributed by atoms with Crippen LogP contribution < -0.4 is 5.32 Å². The molecule has 2 heterocycles. The maximum atomic E-state index is 12.3. The fraction of sp³-hybridized carbons (Fsp3) is 0.500. The van der Waals surface area contributed by atoms with Crippen molar-refractivity contribution in [2.45, 2.75) is 46.3 Å². The second kappa shape index (κ2) is 6.76. The molecule has 0 spiro atoms. The predicted molar refractivity (Wildman–Crippen MR) is 81.0 cm³/mol. The molecule has 6 nitrogen and oxygen atoms in total. The highest BCUT2D eigenvalue weighted by atomic mass is 35.5. The van der Waals surface area contributed by atoms with Crippen molar-refractivity contribution in [3.63, 3.8) is 0 Å². The van der Waals surface area contributed by atoms with E-state index in [2.05, 4.69) is 15.5 Å². The lowest BCUT2D eigenvalue weighted by molar-refractivity contribution is -0.124. The molecule has 0 bridgehead atoms. The van der Waals surface area contributed by atoms with Crippen LogP contribution >= 0.6 is 11.6 Å². The lowest BCUT2D eigenvalue weighted by Crippen LogP contribution is -2.32. The summed E-state index contributed by atoms with van der Waals surface area (Å²) in [5, 5.41) is 11.9. The first kappa shape index (κ1) is 15.6. The Hall–Kier alpha value is -1.82. The highest BCUT2D eigenvalue weighted by Gasteiger charge is 2.19. The molecule has 21 heavy (non-hydrogen) atoms. The van der Waals surface area contributed by atoms with Crippen LogP contribution in [0.3, 0.4) is 0 Å². The van der Waals surface area contributed by atoms with Gasteiger partial charge in [0.2, 0.25) is 5.91 Å². The highest BCUT2D eigenvalue weighted by Crippen LogP contribution is 2.15. The largest absolute Gasteiger partial charge is 0.350 e. The van der Waals surface area contributed by atoms with E-state index in [0.29, 0.717) is 18.0 Å². The number of hydrogen-bond donors (Lipinski definition) is 1. The maximum absolute atomic E-state index is 12.3. The number of halogens is 1. The summed E-state index contributed by atoms with van der Waals surface area (Å²) in [4.78, 5) is 12.3. The summed E-state index contributed by atoms with van der Waals surface area (Å²) < 4.78 is 3.46. The van der Waals surface area contributed by atoms with Gasteiger partial charge < -0.3 is 5.32 Å². The Kier molecular flexibility index (Phi) is 5.01. The van der Waals surface area contributed by atoms with Crippen LogP contribution in [0.5, 0.6) is 0 Å². The van der Waals surface area contributed by atoms with Gasteiger partial charge in [0.15, 0.2) is 0 Å². The first-order valence-corrected chi connectivity index (χ1v) is 7.43. The first-order chi connectivity index (χ1) is 10.0. The van der Waals surface area contributed by atoms with E-state index in [9.17, 15) is 4.79 Å². The van der Waals surface area contributed by atoms with Crippen molar-refractivity contribution in [2.75, 3.05) is 0 Å². The van der Waals surface area contributed by atoms with E-state index in [-0.39, 0.29) is 11.9 Å². The smallest absolute Gasteiger partial charge is 0.245 e. The maximum Gasteiger partial charge on any atom is 0.245 e. The molecular weight excluding hydrogens is 290 g/mol. The predicted octanol–water partition coefficient (Wildman–Crippen LogP) is 2.33. The number of hydrogen-bond acceptors (Lipinski definition) is 3.